The summed E-state index contributed by atoms with van der Waals surface area (Å²) in [6.07, 6.45) is 6.90. The Hall–Kier alpha value is -1.40. The summed E-state index contributed by atoms with van der Waals surface area (Å²) in [5, 5.41) is 0. The Morgan fingerprint density at radius 3 is 2.79 bits per heavy atom. The highest BCUT2D eigenvalue weighted by atomic mass is 32.2. The quantitative estimate of drug-likeness (QED) is 0.656. The summed E-state index contributed by atoms with van der Waals surface area (Å²) >= 11 is 0. The number of hydrogen-bond acceptors (Lipinski definition) is 3. The van der Waals surface area contributed by atoms with E-state index in [1.165, 1.54) is 12.1 Å². The van der Waals surface area contributed by atoms with Crippen LogP contribution < -0.4 is 10.5 Å². The van der Waals surface area contributed by atoms with Gasteiger partial charge in [0.25, 0.3) is 0 Å². The Morgan fingerprint density at radius 1 is 1.37 bits per heavy atom. The van der Waals surface area contributed by atoms with Crippen molar-refractivity contribution in [2.24, 2.45) is 5.92 Å². The smallest absolute Gasteiger partial charge is 0.243 e. The van der Waals surface area contributed by atoms with Gasteiger partial charge in [0.2, 0.25) is 10.0 Å². The summed E-state index contributed by atoms with van der Waals surface area (Å²) in [5.41, 5.74) is 5.60. The first-order chi connectivity index (χ1) is 8.99. The average Bonchev–Trinajstić information content (AvgIpc) is 2.37. The fourth-order valence-corrected chi connectivity index (χ4v) is 3.26. The molecule has 4 nitrogen and oxygen atoms in total. The maximum Gasteiger partial charge on any atom is 0.243 e. The molecule has 1 aliphatic carbocycles. The maximum atomic E-state index is 13.6. The van der Waals surface area contributed by atoms with Crippen molar-refractivity contribution in [3.8, 4) is 0 Å². The first-order valence-electron chi connectivity index (χ1n) is 6.19. The molecule has 1 atom stereocenters. The van der Waals surface area contributed by atoms with Crippen LogP contribution in [-0.4, -0.2) is 15.0 Å². The second kappa shape index (κ2) is 5.71. The number of nitrogens with one attached hydrogen (secondary N) is 1. The van der Waals surface area contributed by atoms with E-state index in [4.69, 9.17) is 5.73 Å². The molecule has 6 heteroatoms. The number of benzene rings is 1. The van der Waals surface area contributed by atoms with Crippen molar-refractivity contribution in [3.63, 3.8) is 0 Å². The predicted molar refractivity (Wildman–Crippen MR) is 72.5 cm³/mol. The monoisotopic (exact) mass is 284 g/mol. The molecular weight excluding hydrogens is 267 g/mol. The number of nitrogen functional groups attached to an aromatic ring is 1. The van der Waals surface area contributed by atoms with E-state index in [-0.39, 0.29) is 16.5 Å². The molecule has 0 saturated carbocycles. The van der Waals surface area contributed by atoms with Gasteiger partial charge in [-0.15, -0.1) is 0 Å². The van der Waals surface area contributed by atoms with Crippen LogP contribution in [0.25, 0.3) is 0 Å². The number of hydrogen-bond donors (Lipinski definition) is 2. The van der Waals surface area contributed by atoms with Crippen molar-refractivity contribution in [1.29, 1.82) is 0 Å². The topological polar surface area (TPSA) is 72.2 Å². The zero-order chi connectivity index (χ0) is 13.9. The van der Waals surface area contributed by atoms with Gasteiger partial charge in [-0.05, 0) is 43.4 Å². The van der Waals surface area contributed by atoms with Crippen molar-refractivity contribution < 1.29 is 12.8 Å². The van der Waals surface area contributed by atoms with E-state index in [9.17, 15) is 12.8 Å². The largest absolute Gasteiger partial charge is 0.399 e. The molecule has 0 heterocycles. The van der Waals surface area contributed by atoms with Gasteiger partial charge in [-0.3, -0.25) is 0 Å². The van der Waals surface area contributed by atoms with Crippen LogP contribution in [-0.2, 0) is 10.0 Å². The summed E-state index contributed by atoms with van der Waals surface area (Å²) < 4.78 is 40.1. The van der Waals surface area contributed by atoms with Gasteiger partial charge >= 0.3 is 0 Å². The molecule has 1 aliphatic rings. The van der Waals surface area contributed by atoms with Crippen molar-refractivity contribution >= 4 is 15.7 Å². The van der Waals surface area contributed by atoms with Gasteiger partial charge < -0.3 is 5.73 Å². The molecule has 0 saturated heterocycles. The lowest BCUT2D eigenvalue weighted by atomic mass is 9.95. The predicted octanol–water partition coefficient (Wildman–Crippen LogP) is 2.04. The van der Waals surface area contributed by atoms with Crippen LogP contribution in [0.5, 0.6) is 0 Å². The Balaban J connectivity index is 2.07. The summed E-state index contributed by atoms with van der Waals surface area (Å²) in [6.45, 7) is 0.330. The number of sulfonamides is 1. The zero-order valence-electron chi connectivity index (χ0n) is 10.5. The molecule has 0 radical (unpaired) electrons. The van der Waals surface area contributed by atoms with E-state index in [1.807, 2.05) is 6.08 Å². The van der Waals surface area contributed by atoms with E-state index >= 15 is 0 Å². The second-order valence-electron chi connectivity index (χ2n) is 4.69. The first-order valence-corrected chi connectivity index (χ1v) is 7.67. The van der Waals surface area contributed by atoms with Crippen LogP contribution in [0, 0.1) is 11.7 Å². The summed E-state index contributed by atoms with van der Waals surface area (Å²) in [5.74, 6) is -0.548. The molecule has 0 spiro atoms. The molecule has 3 N–H and O–H groups in total. The zero-order valence-corrected chi connectivity index (χ0v) is 11.3. The van der Waals surface area contributed by atoms with Crippen LogP contribution in [0.15, 0.2) is 35.2 Å². The van der Waals surface area contributed by atoms with E-state index < -0.39 is 15.8 Å². The van der Waals surface area contributed by atoms with Gasteiger partial charge in [-0.1, -0.05) is 12.2 Å². The third-order valence-electron chi connectivity index (χ3n) is 3.19. The average molecular weight is 284 g/mol. The molecule has 0 aliphatic heterocycles. The lowest BCUT2D eigenvalue weighted by molar-refractivity contribution is 0.466. The number of allylic oxidation sites excluding steroid dienone is 2. The lowest BCUT2D eigenvalue weighted by Crippen LogP contribution is -2.30. The van der Waals surface area contributed by atoms with E-state index in [2.05, 4.69) is 10.8 Å². The normalized spacial score (nSPS) is 19.5. The van der Waals surface area contributed by atoms with Crippen LogP contribution in [0.3, 0.4) is 0 Å². The Kier molecular flexibility index (Phi) is 4.21. The van der Waals surface area contributed by atoms with Crippen molar-refractivity contribution in [3.05, 3.63) is 36.2 Å². The van der Waals surface area contributed by atoms with Gasteiger partial charge in [0.1, 0.15) is 10.7 Å². The third-order valence-corrected chi connectivity index (χ3v) is 4.64. The Bertz CT molecular complexity index is 584. The molecule has 1 aromatic carbocycles. The van der Waals surface area contributed by atoms with E-state index in [0.717, 1.165) is 25.3 Å². The minimum absolute atomic E-state index is 0.203. The van der Waals surface area contributed by atoms with Crippen molar-refractivity contribution in [2.75, 3.05) is 12.3 Å². The fourth-order valence-electron chi connectivity index (χ4n) is 2.08. The molecule has 1 aromatic rings. The molecule has 0 bridgehead atoms. The standard InChI is InChI=1S/C13H17FN2O2S/c14-12-8-11(15)6-7-13(12)19(17,18)16-9-10-4-2-1-3-5-10/h1-2,6-8,10,16H,3-5,9,15H2. The van der Waals surface area contributed by atoms with E-state index in [1.54, 1.807) is 0 Å². The van der Waals surface area contributed by atoms with Gasteiger partial charge in [0.15, 0.2) is 0 Å². The molecule has 0 fully saturated rings. The van der Waals surface area contributed by atoms with Crippen LogP contribution in [0.1, 0.15) is 19.3 Å². The van der Waals surface area contributed by atoms with Crippen molar-refractivity contribution in [2.45, 2.75) is 24.2 Å². The first kappa shape index (κ1) is 14.0. The number of rotatable bonds is 4. The molecule has 104 valence electrons. The number of anilines is 1. The maximum absolute atomic E-state index is 13.6. The summed E-state index contributed by atoms with van der Waals surface area (Å²) in [6, 6.07) is 3.58. The molecule has 1 unspecified atom stereocenters. The highest BCUT2D eigenvalue weighted by Gasteiger charge is 2.20. The minimum atomic E-state index is -3.81. The summed E-state index contributed by atoms with van der Waals surface area (Å²) in [4.78, 5) is -0.354. The lowest BCUT2D eigenvalue weighted by Gasteiger charge is -2.18. The van der Waals surface area contributed by atoms with Crippen LogP contribution in [0.4, 0.5) is 10.1 Å². The van der Waals surface area contributed by atoms with Gasteiger partial charge in [-0.2, -0.15) is 0 Å². The van der Waals surface area contributed by atoms with Gasteiger partial charge in [-0.25, -0.2) is 17.5 Å². The van der Waals surface area contributed by atoms with Crippen LogP contribution in [0.2, 0.25) is 0 Å². The molecule has 0 aromatic heterocycles. The Morgan fingerprint density at radius 2 is 2.16 bits per heavy atom. The molecule has 19 heavy (non-hydrogen) atoms. The Labute approximate surface area is 112 Å². The summed E-state index contributed by atoms with van der Waals surface area (Å²) in [7, 11) is -3.81. The van der Waals surface area contributed by atoms with Crippen molar-refractivity contribution in [1.82, 2.24) is 4.72 Å². The highest BCUT2D eigenvalue weighted by molar-refractivity contribution is 7.89. The SMILES string of the molecule is Nc1ccc(S(=O)(=O)NCC2CC=CCC2)c(F)c1. The highest BCUT2D eigenvalue weighted by Crippen LogP contribution is 2.20. The van der Waals surface area contributed by atoms with Gasteiger partial charge in [0.05, 0.1) is 0 Å². The van der Waals surface area contributed by atoms with E-state index in [0.29, 0.717) is 6.54 Å². The fraction of sp³-hybridized carbons (Fsp3) is 0.385. The number of nitrogens with two attached hydrogens (primary N) is 1. The molecular formula is C13H17FN2O2S. The molecule has 0 amide bonds. The second-order valence-corrected chi connectivity index (χ2v) is 6.43. The molecule has 2 rings (SSSR count). The number of halogens is 1. The van der Waals surface area contributed by atoms with Gasteiger partial charge in [0, 0.05) is 12.2 Å². The van der Waals surface area contributed by atoms with Crippen LogP contribution >= 0.6 is 0 Å². The minimum Gasteiger partial charge on any atom is -0.399 e. The third kappa shape index (κ3) is 3.54.